The van der Waals surface area contributed by atoms with E-state index in [1.54, 1.807) is 25.6 Å². The van der Waals surface area contributed by atoms with Gasteiger partial charge in [0.15, 0.2) is 0 Å². The third-order valence-corrected chi connectivity index (χ3v) is 4.33. The average Bonchev–Trinajstić information content (AvgIpc) is 3.10. The van der Waals surface area contributed by atoms with Crippen molar-refractivity contribution in [2.75, 3.05) is 19.0 Å². The second-order valence-electron chi connectivity index (χ2n) is 6.20. The normalized spacial score (nSPS) is 14.0. The van der Waals surface area contributed by atoms with Gasteiger partial charge in [-0.1, -0.05) is 6.07 Å². The van der Waals surface area contributed by atoms with E-state index in [2.05, 4.69) is 47.1 Å². The van der Waals surface area contributed by atoms with Gasteiger partial charge in [-0.2, -0.15) is 5.10 Å². The van der Waals surface area contributed by atoms with E-state index >= 15 is 0 Å². The van der Waals surface area contributed by atoms with Gasteiger partial charge in [0, 0.05) is 44.3 Å². The minimum absolute atomic E-state index is 0.617. The van der Waals surface area contributed by atoms with Crippen molar-refractivity contribution in [3.8, 4) is 5.88 Å². The Morgan fingerprint density at radius 3 is 2.81 bits per heavy atom. The lowest BCUT2D eigenvalue weighted by atomic mass is 10.2. The molecule has 0 aromatic carbocycles. The molecule has 8 heteroatoms. The minimum Gasteiger partial charge on any atom is -0.481 e. The van der Waals surface area contributed by atoms with Crippen molar-refractivity contribution >= 4 is 5.95 Å². The summed E-state index contributed by atoms with van der Waals surface area (Å²) in [5.41, 5.74) is 3.41. The maximum absolute atomic E-state index is 5.11. The van der Waals surface area contributed by atoms with Gasteiger partial charge in [0.1, 0.15) is 0 Å². The second-order valence-corrected chi connectivity index (χ2v) is 6.20. The van der Waals surface area contributed by atoms with Crippen LogP contribution in [0.25, 0.3) is 0 Å². The molecule has 0 spiro atoms. The van der Waals surface area contributed by atoms with Crippen LogP contribution < -0.4 is 10.1 Å². The molecular formula is C18H21N7O. The summed E-state index contributed by atoms with van der Waals surface area (Å²) >= 11 is 0. The van der Waals surface area contributed by atoms with Crippen LogP contribution >= 0.6 is 0 Å². The lowest BCUT2D eigenvalue weighted by Crippen LogP contribution is -2.33. The Bertz CT molecular complexity index is 848. The third-order valence-electron chi connectivity index (χ3n) is 4.33. The lowest BCUT2D eigenvalue weighted by molar-refractivity contribution is 0.205. The van der Waals surface area contributed by atoms with Gasteiger partial charge in [-0.25, -0.2) is 15.0 Å². The molecule has 3 aromatic heterocycles. The SMILES string of the molecule is COc1ccc(CN2CCn3nc(CNc4ncccn4)cc3C2)cn1. The van der Waals surface area contributed by atoms with Gasteiger partial charge < -0.3 is 10.1 Å². The number of hydrogen-bond donors (Lipinski definition) is 1. The first-order chi connectivity index (χ1) is 12.8. The van der Waals surface area contributed by atoms with E-state index in [-0.39, 0.29) is 0 Å². The zero-order valence-electron chi connectivity index (χ0n) is 14.7. The number of aromatic nitrogens is 5. The zero-order chi connectivity index (χ0) is 17.8. The third kappa shape index (κ3) is 3.80. The van der Waals surface area contributed by atoms with E-state index in [0.29, 0.717) is 18.4 Å². The molecule has 4 heterocycles. The van der Waals surface area contributed by atoms with E-state index in [1.807, 2.05) is 12.3 Å². The minimum atomic E-state index is 0.617. The molecule has 1 N–H and O–H groups in total. The van der Waals surface area contributed by atoms with E-state index < -0.39 is 0 Å². The number of ether oxygens (including phenoxy) is 1. The number of pyridine rings is 1. The second kappa shape index (κ2) is 7.49. The zero-order valence-corrected chi connectivity index (χ0v) is 14.7. The summed E-state index contributed by atoms with van der Waals surface area (Å²) in [6.07, 6.45) is 5.32. The number of nitrogens with one attached hydrogen (secondary N) is 1. The fourth-order valence-electron chi connectivity index (χ4n) is 3.04. The molecule has 0 amide bonds. The summed E-state index contributed by atoms with van der Waals surface area (Å²) in [4.78, 5) is 15.0. The predicted molar refractivity (Wildman–Crippen MR) is 96.5 cm³/mol. The van der Waals surface area contributed by atoms with Crippen molar-refractivity contribution in [1.29, 1.82) is 0 Å². The lowest BCUT2D eigenvalue weighted by Gasteiger charge is -2.27. The topological polar surface area (TPSA) is 81.0 Å². The van der Waals surface area contributed by atoms with Crippen LogP contribution in [0.3, 0.4) is 0 Å². The molecule has 0 saturated heterocycles. The molecule has 0 bridgehead atoms. The fourth-order valence-corrected chi connectivity index (χ4v) is 3.04. The number of fused-ring (bicyclic) bond motifs is 1. The van der Waals surface area contributed by atoms with Crippen molar-refractivity contribution in [2.24, 2.45) is 0 Å². The summed E-state index contributed by atoms with van der Waals surface area (Å²) in [7, 11) is 1.63. The smallest absolute Gasteiger partial charge is 0.222 e. The van der Waals surface area contributed by atoms with Crippen LogP contribution in [0, 0.1) is 0 Å². The van der Waals surface area contributed by atoms with Gasteiger partial charge in [-0.15, -0.1) is 0 Å². The van der Waals surface area contributed by atoms with Crippen LogP contribution in [0.4, 0.5) is 5.95 Å². The highest BCUT2D eigenvalue weighted by molar-refractivity contribution is 5.25. The number of hydrogen-bond acceptors (Lipinski definition) is 7. The largest absolute Gasteiger partial charge is 0.481 e. The van der Waals surface area contributed by atoms with E-state index in [9.17, 15) is 0 Å². The van der Waals surface area contributed by atoms with E-state index in [0.717, 1.165) is 31.9 Å². The molecule has 4 rings (SSSR count). The fraction of sp³-hybridized carbons (Fsp3) is 0.333. The summed E-state index contributed by atoms with van der Waals surface area (Å²) in [6.45, 7) is 4.22. The van der Waals surface area contributed by atoms with Crippen LogP contribution in [0.5, 0.6) is 5.88 Å². The summed E-state index contributed by atoms with van der Waals surface area (Å²) in [6, 6.07) is 7.91. The molecule has 26 heavy (non-hydrogen) atoms. The van der Waals surface area contributed by atoms with E-state index in [4.69, 9.17) is 4.74 Å². The van der Waals surface area contributed by atoms with Gasteiger partial charge in [-0.05, 0) is 17.7 Å². The Labute approximate surface area is 151 Å². The number of methoxy groups -OCH3 is 1. The number of nitrogens with zero attached hydrogens (tertiary/aromatic N) is 6. The van der Waals surface area contributed by atoms with Gasteiger partial charge in [0.05, 0.1) is 31.6 Å². The highest BCUT2D eigenvalue weighted by atomic mass is 16.5. The molecule has 8 nitrogen and oxygen atoms in total. The molecule has 0 aliphatic carbocycles. The van der Waals surface area contributed by atoms with Crippen LogP contribution in [0.2, 0.25) is 0 Å². The maximum Gasteiger partial charge on any atom is 0.222 e. The summed E-state index contributed by atoms with van der Waals surface area (Å²) < 4.78 is 7.20. The van der Waals surface area contributed by atoms with Gasteiger partial charge in [0.25, 0.3) is 0 Å². The monoisotopic (exact) mass is 351 g/mol. The van der Waals surface area contributed by atoms with Crippen LogP contribution in [-0.4, -0.2) is 43.3 Å². The van der Waals surface area contributed by atoms with Crippen molar-refractivity contribution in [3.05, 3.63) is 59.8 Å². The molecule has 1 aliphatic rings. The van der Waals surface area contributed by atoms with Crippen LogP contribution in [0.1, 0.15) is 17.0 Å². The molecule has 0 radical (unpaired) electrons. The average molecular weight is 351 g/mol. The molecular weight excluding hydrogens is 330 g/mol. The highest BCUT2D eigenvalue weighted by Gasteiger charge is 2.18. The van der Waals surface area contributed by atoms with Crippen molar-refractivity contribution < 1.29 is 4.74 Å². The Morgan fingerprint density at radius 1 is 1.15 bits per heavy atom. The summed E-state index contributed by atoms with van der Waals surface area (Å²) in [5.74, 6) is 1.26. The molecule has 1 aliphatic heterocycles. The van der Waals surface area contributed by atoms with Crippen molar-refractivity contribution in [2.45, 2.75) is 26.2 Å². The first kappa shape index (κ1) is 16.5. The molecule has 134 valence electrons. The Hall–Kier alpha value is -3.00. The van der Waals surface area contributed by atoms with Gasteiger partial charge in [0.2, 0.25) is 11.8 Å². The molecule has 3 aromatic rings. The molecule has 0 fully saturated rings. The number of rotatable bonds is 6. The van der Waals surface area contributed by atoms with Crippen molar-refractivity contribution in [3.63, 3.8) is 0 Å². The molecule has 0 unspecified atom stereocenters. The van der Waals surface area contributed by atoms with Crippen LogP contribution in [0.15, 0.2) is 42.9 Å². The van der Waals surface area contributed by atoms with Crippen LogP contribution in [-0.2, 0) is 26.2 Å². The number of anilines is 1. The maximum atomic E-state index is 5.11. The quantitative estimate of drug-likeness (QED) is 0.724. The Kier molecular flexibility index (Phi) is 4.74. The van der Waals surface area contributed by atoms with Gasteiger partial charge >= 0.3 is 0 Å². The first-order valence-electron chi connectivity index (χ1n) is 8.58. The Morgan fingerprint density at radius 2 is 2.04 bits per heavy atom. The first-order valence-corrected chi connectivity index (χ1v) is 8.58. The van der Waals surface area contributed by atoms with E-state index in [1.165, 1.54) is 11.3 Å². The predicted octanol–water partition coefficient (Wildman–Crippen LogP) is 1.70. The molecule has 0 atom stereocenters. The summed E-state index contributed by atoms with van der Waals surface area (Å²) in [5, 5.41) is 7.87. The standard InChI is InChI=1S/C18H21N7O/c1-26-17-4-3-14(10-21-17)12-24-7-8-25-16(13-24)9-15(23-25)11-22-18-19-5-2-6-20-18/h2-6,9-10H,7-8,11-13H2,1H3,(H,19,20,22). The Balaban J connectivity index is 1.36. The van der Waals surface area contributed by atoms with Gasteiger partial charge in [-0.3, -0.25) is 9.58 Å². The highest BCUT2D eigenvalue weighted by Crippen LogP contribution is 2.17. The van der Waals surface area contributed by atoms with Crippen molar-refractivity contribution in [1.82, 2.24) is 29.6 Å². The molecule has 0 saturated carbocycles.